The van der Waals surface area contributed by atoms with E-state index in [1.165, 1.54) is 5.56 Å². The second-order valence-corrected chi connectivity index (χ2v) is 6.13. The Labute approximate surface area is 122 Å². The third kappa shape index (κ3) is 3.05. The molecule has 2 heteroatoms. The van der Waals surface area contributed by atoms with Crippen molar-refractivity contribution in [3.8, 4) is 5.75 Å². The van der Waals surface area contributed by atoms with E-state index in [4.69, 9.17) is 4.74 Å². The fourth-order valence-corrected chi connectivity index (χ4v) is 3.64. The lowest BCUT2D eigenvalue weighted by Crippen LogP contribution is -2.33. The first-order valence-electron chi connectivity index (χ1n) is 7.76. The van der Waals surface area contributed by atoms with Crippen LogP contribution in [0, 0.1) is 5.41 Å². The van der Waals surface area contributed by atoms with E-state index in [0.717, 1.165) is 44.3 Å². The second-order valence-electron chi connectivity index (χ2n) is 6.13. The molecule has 1 aliphatic carbocycles. The van der Waals surface area contributed by atoms with Crippen molar-refractivity contribution in [3.63, 3.8) is 0 Å². The van der Waals surface area contributed by atoms with E-state index >= 15 is 0 Å². The molecule has 1 aromatic carbocycles. The molecule has 0 atom stereocenters. The number of ether oxygens (including phenoxy) is 1. The molecular weight excluding hydrogens is 248 g/mol. The number of ketones is 1. The third-order valence-electron chi connectivity index (χ3n) is 5.01. The van der Waals surface area contributed by atoms with E-state index in [1.54, 1.807) is 14.0 Å². The summed E-state index contributed by atoms with van der Waals surface area (Å²) >= 11 is 0. The highest BCUT2D eigenvalue weighted by molar-refractivity contribution is 5.82. The van der Waals surface area contributed by atoms with Crippen LogP contribution in [0.2, 0.25) is 0 Å². The van der Waals surface area contributed by atoms with Gasteiger partial charge in [0.05, 0.1) is 7.11 Å². The average Bonchev–Trinajstić information content (AvgIpc) is 2.48. The van der Waals surface area contributed by atoms with E-state index in [-0.39, 0.29) is 5.41 Å². The van der Waals surface area contributed by atoms with Crippen LogP contribution < -0.4 is 4.74 Å². The summed E-state index contributed by atoms with van der Waals surface area (Å²) in [7, 11) is 1.70. The molecule has 1 aromatic rings. The minimum Gasteiger partial charge on any atom is -0.497 e. The van der Waals surface area contributed by atoms with Gasteiger partial charge in [-0.05, 0) is 62.6 Å². The molecule has 1 saturated carbocycles. The Morgan fingerprint density at radius 1 is 1.25 bits per heavy atom. The molecule has 0 unspecified atom stereocenters. The van der Waals surface area contributed by atoms with Crippen LogP contribution in [-0.4, -0.2) is 12.9 Å². The van der Waals surface area contributed by atoms with Crippen molar-refractivity contribution in [3.05, 3.63) is 29.8 Å². The predicted molar refractivity (Wildman–Crippen MR) is 82.2 cm³/mol. The highest BCUT2D eigenvalue weighted by atomic mass is 16.5. The quantitative estimate of drug-likeness (QED) is 0.776. The molecule has 0 heterocycles. The van der Waals surface area contributed by atoms with Gasteiger partial charge in [0.2, 0.25) is 0 Å². The maximum absolute atomic E-state index is 12.0. The molecule has 0 aliphatic heterocycles. The first kappa shape index (κ1) is 15.1. The Kier molecular flexibility index (Phi) is 4.85. The first-order valence-corrected chi connectivity index (χ1v) is 7.76. The maximum atomic E-state index is 12.0. The summed E-state index contributed by atoms with van der Waals surface area (Å²) in [5, 5.41) is 0. The van der Waals surface area contributed by atoms with Crippen LogP contribution in [0.25, 0.3) is 0 Å². The van der Waals surface area contributed by atoms with Gasteiger partial charge in [-0.2, -0.15) is 0 Å². The van der Waals surface area contributed by atoms with Gasteiger partial charge in [0.15, 0.2) is 0 Å². The number of benzene rings is 1. The average molecular weight is 274 g/mol. The highest BCUT2D eigenvalue weighted by Gasteiger charge is 2.38. The minimum absolute atomic E-state index is 0.0300. The zero-order chi connectivity index (χ0) is 14.6. The molecule has 110 valence electrons. The van der Waals surface area contributed by atoms with Gasteiger partial charge in [0, 0.05) is 5.41 Å². The van der Waals surface area contributed by atoms with E-state index in [9.17, 15) is 4.79 Å². The first-order chi connectivity index (χ1) is 9.61. The lowest BCUT2D eigenvalue weighted by molar-refractivity contribution is -0.129. The zero-order valence-corrected chi connectivity index (χ0v) is 12.9. The molecule has 2 nitrogen and oxygen atoms in total. The maximum Gasteiger partial charge on any atom is 0.135 e. The lowest BCUT2D eigenvalue weighted by atomic mass is 9.65. The summed E-state index contributed by atoms with van der Waals surface area (Å²) in [5.74, 6) is 1.91. The van der Waals surface area contributed by atoms with E-state index in [1.807, 2.05) is 12.1 Å². The van der Waals surface area contributed by atoms with E-state index in [2.05, 4.69) is 19.1 Å². The normalized spacial score (nSPS) is 26.2. The molecule has 20 heavy (non-hydrogen) atoms. The highest BCUT2D eigenvalue weighted by Crippen LogP contribution is 2.46. The van der Waals surface area contributed by atoms with Crippen LogP contribution in [0.4, 0.5) is 0 Å². The Hall–Kier alpha value is -1.31. The molecule has 0 saturated heterocycles. The van der Waals surface area contributed by atoms with Crippen molar-refractivity contribution in [2.45, 2.75) is 58.3 Å². The van der Waals surface area contributed by atoms with Crippen LogP contribution in [0.5, 0.6) is 5.75 Å². The van der Waals surface area contributed by atoms with Gasteiger partial charge in [-0.3, -0.25) is 4.79 Å². The summed E-state index contributed by atoms with van der Waals surface area (Å²) in [6, 6.07) is 8.41. The van der Waals surface area contributed by atoms with Crippen LogP contribution in [0.15, 0.2) is 24.3 Å². The Morgan fingerprint density at radius 2 is 1.85 bits per heavy atom. The van der Waals surface area contributed by atoms with Crippen LogP contribution in [0.3, 0.4) is 0 Å². The van der Waals surface area contributed by atoms with Gasteiger partial charge >= 0.3 is 0 Å². The molecule has 0 amide bonds. The molecule has 2 rings (SSSR count). The van der Waals surface area contributed by atoms with E-state index < -0.39 is 0 Å². The monoisotopic (exact) mass is 274 g/mol. The summed E-state index contributed by atoms with van der Waals surface area (Å²) < 4.78 is 5.21. The lowest BCUT2D eigenvalue weighted by Gasteiger charge is -2.38. The van der Waals surface area contributed by atoms with Gasteiger partial charge in [0.1, 0.15) is 11.5 Å². The van der Waals surface area contributed by atoms with Crippen molar-refractivity contribution in [2.75, 3.05) is 7.11 Å². The van der Waals surface area contributed by atoms with Gasteiger partial charge < -0.3 is 4.74 Å². The van der Waals surface area contributed by atoms with Crippen molar-refractivity contribution >= 4 is 5.78 Å². The number of hydrogen-bond acceptors (Lipinski definition) is 2. The summed E-state index contributed by atoms with van der Waals surface area (Å²) in [5.41, 5.74) is 1.36. The fourth-order valence-electron chi connectivity index (χ4n) is 3.64. The molecule has 0 spiro atoms. The number of methoxy groups -OCH3 is 1. The number of hydrogen-bond donors (Lipinski definition) is 0. The van der Waals surface area contributed by atoms with Crippen molar-refractivity contribution in [1.29, 1.82) is 0 Å². The summed E-state index contributed by atoms with van der Waals surface area (Å²) in [4.78, 5) is 12.0. The zero-order valence-electron chi connectivity index (χ0n) is 12.9. The molecule has 1 fully saturated rings. The van der Waals surface area contributed by atoms with Crippen molar-refractivity contribution in [1.82, 2.24) is 0 Å². The van der Waals surface area contributed by atoms with Crippen LogP contribution >= 0.6 is 0 Å². The van der Waals surface area contributed by atoms with Gasteiger partial charge in [-0.1, -0.05) is 25.5 Å². The fraction of sp³-hybridized carbons (Fsp3) is 0.611. The number of Topliss-reactive ketones (excluding diaryl/α,β-unsaturated/α-hetero) is 1. The number of carbonyl (C=O) groups is 1. The SMILES string of the molecule is CCCC1(C(C)=O)CCC(c2ccc(OC)cc2)CC1. The molecule has 0 bridgehead atoms. The summed E-state index contributed by atoms with van der Waals surface area (Å²) in [6.07, 6.45) is 6.52. The number of rotatable bonds is 5. The van der Waals surface area contributed by atoms with Crippen LogP contribution in [0.1, 0.15) is 63.9 Å². The number of carbonyl (C=O) groups excluding carboxylic acids is 1. The van der Waals surface area contributed by atoms with Crippen molar-refractivity contribution in [2.24, 2.45) is 5.41 Å². The smallest absolute Gasteiger partial charge is 0.135 e. The molecule has 0 N–H and O–H groups in total. The largest absolute Gasteiger partial charge is 0.497 e. The Bertz CT molecular complexity index is 439. The molecular formula is C18H26O2. The topological polar surface area (TPSA) is 26.3 Å². The Morgan fingerprint density at radius 3 is 2.30 bits per heavy atom. The second kappa shape index (κ2) is 6.43. The predicted octanol–water partition coefficient (Wildman–Crippen LogP) is 4.73. The Balaban J connectivity index is 2.04. The van der Waals surface area contributed by atoms with Gasteiger partial charge in [0.25, 0.3) is 0 Å². The van der Waals surface area contributed by atoms with Gasteiger partial charge in [-0.25, -0.2) is 0 Å². The summed E-state index contributed by atoms with van der Waals surface area (Å²) in [6.45, 7) is 3.96. The minimum atomic E-state index is -0.0300. The standard InChI is InChI=1S/C18H26O2/c1-4-11-18(14(2)19)12-9-16(10-13-18)15-5-7-17(20-3)8-6-15/h5-8,16H,4,9-13H2,1-3H3. The van der Waals surface area contributed by atoms with Crippen molar-refractivity contribution < 1.29 is 9.53 Å². The van der Waals surface area contributed by atoms with Crippen LogP contribution in [-0.2, 0) is 4.79 Å². The molecule has 1 aliphatic rings. The molecule has 0 aromatic heterocycles. The van der Waals surface area contributed by atoms with Gasteiger partial charge in [-0.15, -0.1) is 0 Å². The third-order valence-corrected chi connectivity index (χ3v) is 5.01. The molecule has 0 radical (unpaired) electrons. The van der Waals surface area contributed by atoms with E-state index in [0.29, 0.717) is 11.7 Å².